The summed E-state index contributed by atoms with van der Waals surface area (Å²) in [6.07, 6.45) is 7.52. The molecule has 0 aromatic heterocycles. The highest BCUT2D eigenvalue weighted by molar-refractivity contribution is 5.68. The second-order valence-electron chi connectivity index (χ2n) is 8.18. The van der Waals surface area contributed by atoms with Crippen LogP contribution in [-0.2, 0) is 11.3 Å². The minimum absolute atomic E-state index is 0.197. The first-order valence-electron chi connectivity index (χ1n) is 9.38. The Bertz CT molecular complexity index is 500. The third-order valence-electron chi connectivity index (χ3n) is 4.75. The van der Waals surface area contributed by atoms with Gasteiger partial charge in [0.15, 0.2) is 0 Å². The van der Waals surface area contributed by atoms with Crippen LogP contribution in [0.3, 0.4) is 0 Å². The minimum atomic E-state index is -0.462. The zero-order valence-electron chi connectivity index (χ0n) is 15.8. The number of benzene rings is 1. The largest absolute Gasteiger partial charge is 0.444 e. The molecule has 0 bridgehead atoms. The Hall–Kier alpha value is -1.51. The first kappa shape index (κ1) is 18.8. The molecule has 1 aliphatic rings. The van der Waals surface area contributed by atoms with Crippen molar-refractivity contribution >= 4 is 6.09 Å². The third kappa shape index (κ3) is 6.18. The van der Waals surface area contributed by atoms with E-state index in [1.165, 1.54) is 32.1 Å². The highest BCUT2D eigenvalue weighted by atomic mass is 16.6. The molecule has 134 valence electrons. The van der Waals surface area contributed by atoms with Crippen LogP contribution in [-0.4, -0.2) is 22.6 Å². The summed E-state index contributed by atoms with van der Waals surface area (Å²) in [6.45, 7) is 8.57. The molecule has 1 atom stereocenters. The fourth-order valence-electron chi connectivity index (χ4n) is 3.53. The van der Waals surface area contributed by atoms with Gasteiger partial charge in [-0.1, -0.05) is 62.4 Å². The van der Waals surface area contributed by atoms with Crippen molar-refractivity contribution in [2.45, 2.75) is 84.4 Å². The van der Waals surface area contributed by atoms with Crippen molar-refractivity contribution < 1.29 is 9.53 Å². The van der Waals surface area contributed by atoms with Crippen LogP contribution in [0.1, 0.15) is 71.8 Å². The van der Waals surface area contributed by atoms with Crippen LogP contribution < -0.4 is 0 Å². The van der Waals surface area contributed by atoms with Gasteiger partial charge >= 0.3 is 6.09 Å². The third-order valence-corrected chi connectivity index (χ3v) is 4.75. The zero-order valence-corrected chi connectivity index (χ0v) is 15.8. The van der Waals surface area contributed by atoms with Crippen molar-refractivity contribution in [2.24, 2.45) is 5.92 Å². The summed E-state index contributed by atoms with van der Waals surface area (Å²) < 4.78 is 5.67. The standard InChI is InChI=1S/C21H33NO2/c1-17(15-18-11-7-5-8-12-18)22(20(23)24-21(2,3)4)16-19-13-9-6-10-14-19/h6,9-10,13-14,17-18H,5,7-8,11-12,15-16H2,1-4H3. The Morgan fingerprint density at radius 2 is 1.79 bits per heavy atom. The Morgan fingerprint density at radius 3 is 2.38 bits per heavy atom. The second kappa shape index (κ2) is 8.55. The lowest BCUT2D eigenvalue weighted by atomic mass is 9.85. The van der Waals surface area contributed by atoms with E-state index in [2.05, 4.69) is 19.1 Å². The molecule has 1 fully saturated rings. The van der Waals surface area contributed by atoms with E-state index in [1.54, 1.807) is 0 Å². The molecule has 3 heteroatoms. The van der Waals surface area contributed by atoms with Gasteiger partial charge in [0.25, 0.3) is 0 Å². The number of hydrogen-bond donors (Lipinski definition) is 0. The fraction of sp³-hybridized carbons (Fsp3) is 0.667. The van der Waals surface area contributed by atoms with Gasteiger partial charge < -0.3 is 9.64 Å². The number of hydrogen-bond acceptors (Lipinski definition) is 2. The molecule has 1 amide bonds. The van der Waals surface area contributed by atoms with Gasteiger partial charge in [0.2, 0.25) is 0 Å². The molecule has 0 aliphatic heterocycles. The highest BCUT2D eigenvalue weighted by Gasteiger charge is 2.28. The quantitative estimate of drug-likeness (QED) is 0.684. The van der Waals surface area contributed by atoms with E-state index in [-0.39, 0.29) is 12.1 Å². The number of carbonyl (C=O) groups is 1. The van der Waals surface area contributed by atoms with Crippen molar-refractivity contribution in [3.05, 3.63) is 35.9 Å². The summed E-state index contributed by atoms with van der Waals surface area (Å²) in [5, 5.41) is 0. The van der Waals surface area contributed by atoms with Gasteiger partial charge in [-0.05, 0) is 45.6 Å². The summed E-state index contributed by atoms with van der Waals surface area (Å²) >= 11 is 0. The van der Waals surface area contributed by atoms with Crippen LogP contribution in [0.25, 0.3) is 0 Å². The second-order valence-corrected chi connectivity index (χ2v) is 8.18. The number of carbonyl (C=O) groups excluding carboxylic acids is 1. The molecule has 1 unspecified atom stereocenters. The molecule has 0 saturated heterocycles. The molecule has 0 spiro atoms. The summed E-state index contributed by atoms with van der Waals surface area (Å²) in [5.74, 6) is 0.745. The lowest BCUT2D eigenvalue weighted by Gasteiger charge is -2.34. The van der Waals surface area contributed by atoms with E-state index in [0.717, 1.165) is 17.9 Å². The molecule has 1 aromatic rings. The minimum Gasteiger partial charge on any atom is -0.444 e. The highest BCUT2D eigenvalue weighted by Crippen LogP contribution is 2.29. The number of ether oxygens (including phenoxy) is 1. The van der Waals surface area contributed by atoms with Crippen molar-refractivity contribution in [3.63, 3.8) is 0 Å². The van der Waals surface area contributed by atoms with Crippen LogP contribution in [0.5, 0.6) is 0 Å². The van der Waals surface area contributed by atoms with Crippen molar-refractivity contribution in [3.8, 4) is 0 Å². The Labute approximate surface area is 147 Å². The van der Waals surface area contributed by atoms with Gasteiger partial charge in [0, 0.05) is 12.6 Å². The molecule has 2 rings (SSSR count). The summed E-state index contributed by atoms with van der Waals surface area (Å²) in [7, 11) is 0. The van der Waals surface area contributed by atoms with Gasteiger partial charge in [0.05, 0.1) is 0 Å². The molecule has 3 nitrogen and oxygen atoms in total. The van der Waals surface area contributed by atoms with Crippen molar-refractivity contribution in [1.82, 2.24) is 4.90 Å². The van der Waals surface area contributed by atoms with Crippen LogP contribution in [0.2, 0.25) is 0 Å². The lowest BCUT2D eigenvalue weighted by Crippen LogP contribution is -2.42. The monoisotopic (exact) mass is 331 g/mol. The Kier molecular flexibility index (Phi) is 6.70. The van der Waals surface area contributed by atoms with Crippen molar-refractivity contribution in [2.75, 3.05) is 0 Å². The molecule has 0 radical (unpaired) electrons. The fourth-order valence-corrected chi connectivity index (χ4v) is 3.53. The Morgan fingerprint density at radius 1 is 1.17 bits per heavy atom. The van der Waals surface area contributed by atoms with Gasteiger partial charge in [-0.25, -0.2) is 4.79 Å². The number of amides is 1. The van der Waals surface area contributed by atoms with Gasteiger partial charge in [-0.2, -0.15) is 0 Å². The van der Waals surface area contributed by atoms with E-state index >= 15 is 0 Å². The molecule has 0 heterocycles. The Balaban J connectivity index is 2.06. The first-order valence-corrected chi connectivity index (χ1v) is 9.38. The van der Waals surface area contributed by atoms with Crippen molar-refractivity contribution in [1.29, 1.82) is 0 Å². The van der Waals surface area contributed by atoms with E-state index in [1.807, 2.05) is 43.9 Å². The summed E-state index contributed by atoms with van der Waals surface area (Å²) in [6, 6.07) is 10.4. The molecule has 24 heavy (non-hydrogen) atoms. The predicted molar refractivity (Wildman–Crippen MR) is 98.9 cm³/mol. The van der Waals surface area contributed by atoms with E-state index in [0.29, 0.717) is 6.54 Å². The van der Waals surface area contributed by atoms with Crippen LogP contribution in [0.4, 0.5) is 4.79 Å². The first-order chi connectivity index (χ1) is 11.3. The number of rotatable bonds is 5. The maximum absolute atomic E-state index is 12.8. The van der Waals surface area contributed by atoms with Gasteiger partial charge in [0.1, 0.15) is 5.60 Å². The molecular weight excluding hydrogens is 298 g/mol. The van der Waals surface area contributed by atoms with Crippen LogP contribution >= 0.6 is 0 Å². The predicted octanol–water partition coefficient (Wildman–Crippen LogP) is 5.78. The molecule has 1 aliphatic carbocycles. The van der Waals surface area contributed by atoms with Gasteiger partial charge in [-0.3, -0.25) is 0 Å². The average molecular weight is 332 g/mol. The lowest BCUT2D eigenvalue weighted by molar-refractivity contribution is 0.0127. The molecular formula is C21H33NO2. The van der Waals surface area contributed by atoms with E-state index < -0.39 is 5.60 Å². The topological polar surface area (TPSA) is 29.5 Å². The average Bonchev–Trinajstić information content (AvgIpc) is 2.52. The summed E-state index contributed by atoms with van der Waals surface area (Å²) in [5.41, 5.74) is 0.690. The maximum atomic E-state index is 12.8. The normalized spacial score (nSPS) is 17.3. The van der Waals surface area contributed by atoms with Gasteiger partial charge in [-0.15, -0.1) is 0 Å². The maximum Gasteiger partial charge on any atom is 0.410 e. The SMILES string of the molecule is CC(CC1CCCCC1)N(Cc1ccccc1)C(=O)OC(C)(C)C. The molecule has 0 N–H and O–H groups in total. The number of nitrogens with zero attached hydrogens (tertiary/aromatic N) is 1. The zero-order chi connectivity index (χ0) is 17.6. The van der Waals surface area contributed by atoms with E-state index in [4.69, 9.17) is 4.74 Å². The molecule has 1 saturated carbocycles. The van der Waals surface area contributed by atoms with E-state index in [9.17, 15) is 4.79 Å². The summed E-state index contributed by atoms with van der Waals surface area (Å²) in [4.78, 5) is 14.7. The smallest absolute Gasteiger partial charge is 0.410 e. The van der Waals surface area contributed by atoms with Crippen LogP contribution in [0, 0.1) is 5.92 Å². The molecule has 1 aromatic carbocycles. The van der Waals surface area contributed by atoms with Crippen LogP contribution in [0.15, 0.2) is 30.3 Å².